The van der Waals surface area contributed by atoms with E-state index in [0.29, 0.717) is 18.1 Å². The van der Waals surface area contributed by atoms with E-state index < -0.39 is 0 Å². The monoisotopic (exact) mass is 314 g/mol. The molecule has 0 amide bonds. The van der Waals surface area contributed by atoms with Crippen molar-refractivity contribution in [3.8, 4) is 0 Å². The van der Waals surface area contributed by atoms with Crippen LogP contribution >= 0.6 is 15.9 Å². The van der Waals surface area contributed by atoms with Gasteiger partial charge in [0.1, 0.15) is 5.82 Å². The Morgan fingerprint density at radius 1 is 1.33 bits per heavy atom. The Morgan fingerprint density at radius 2 is 1.94 bits per heavy atom. The van der Waals surface area contributed by atoms with Gasteiger partial charge in [0.05, 0.1) is 0 Å². The summed E-state index contributed by atoms with van der Waals surface area (Å²) in [5, 5.41) is 3.53. The zero-order chi connectivity index (χ0) is 13.3. The highest BCUT2D eigenvalue weighted by Gasteiger charge is 2.26. The first-order chi connectivity index (χ1) is 8.47. The highest BCUT2D eigenvalue weighted by Crippen LogP contribution is 2.29. The third-order valence-electron chi connectivity index (χ3n) is 3.55. The van der Waals surface area contributed by atoms with Gasteiger partial charge in [-0.25, -0.2) is 4.39 Å². The van der Waals surface area contributed by atoms with Gasteiger partial charge in [0.2, 0.25) is 0 Å². The van der Waals surface area contributed by atoms with Crippen LogP contribution in [0.15, 0.2) is 22.7 Å². The summed E-state index contributed by atoms with van der Waals surface area (Å²) in [7, 11) is 0. The molecule has 0 aliphatic carbocycles. The maximum Gasteiger partial charge on any atom is 0.124 e. The van der Waals surface area contributed by atoms with Crippen LogP contribution in [-0.4, -0.2) is 30.1 Å². The fourth-order valence-electron chi connectivity index (χ4n) is 2.72. The second-order valence-electron chi connectivity index (χ2n) is 5.26. The molecule has 1 saturated heterocycles. The maximum atomic E-state index is 13.1. The van der Waals surface area contributed by atoms with E-state index in [4.69, 9.17) is 0 Å². The maximum absolute atomic E-state index is 13.1. The lowest BCUT2D eigenvalue weighted by atomic mass is 10.0. The van der Waals surface area contributed by atoms with Crippen LogP contribution in [0.4, 0.5) is 4.39 Å². The molecule has 1 N–H and O–H groups in total. The number of hydrogen-bond acceptors (Lipinski definition) is 2. The van der Waals surface area contributed by atoms with E-state index >= 15 is 0 Å². The van der Waals surface area contributed by atoms with E-state index in [1.165, 1.54) is 6.07 Å². The van der Waals surface area contributed by atoms with Crippen LogP contribution in [0.5, 0.6) is 0 Å². The fourth-order valence-corrected chi connectivity index (χ4v) is 3.40. The van der Waals surface area contributed by atoms with Gasteiger partial charge >= 0.3 is 0 Å². The van der Waals surface area contributed by atoms with Gasteiger partial charge in [-0.3, -0.25) is 4.90 Å². The SMILES string of the molecule is CC1CN(C(C)c2ccc(F)cc2Br)CC(C)N1. The summed E-state index contributed by atoms with van der Waals surface area (Å²) < 4.78 is 14.0. The van der Waals surface area contributed by atoms with Crippen molar-refractivity contribution in [2.45, 2.75) is 38.9 Å². The summed E-state index contributed by atoms with van der Waals surface area (Å²) in [6, 6.07) is 6.24. The number of nitrogens with one attached hydrogen (secondary N) is 1. The van der Waals surface area contributed by atoms with Crippen LogP contribution in [0.25, 0.3) is 0 Å². The van der Waals surface area contributed by atoms with Crippen LogP contribution in [-0.2, 0) is 0 Å². The fraction of sp³-hybridized carbons (Fsp3) is 0.571. The molecule has 0 bridgehead atoms. The molecule has 1 aromatic rings. The van der Waals surface area contributed by atoms with Crippen LogP contribution < -0.4 is 5.32 Å². The van der Waals surface area contributed by atoms with Crippen molar-refractivity contribution >= 4 is 15.9 Å². The van der Waals surface area contributed by atoms with Gasteiger partial charge in [-0.15, -0.1) is 0 Å². The van der Waals surface area contributed by atoms with Gasteiger partial charge in [0.25, 0.3) is 0 Å². The second-order valence-corrected chi connectivity index (χ2v) is 6.12. The van der Waals surface area contributed by atoms with E-state index in [0.717, 1.165) is 23.1 Å². The number of rotatable bonds is 2. The molecule has 2 nitrogen and oxygen atoms in total. The minimum Gasteiger partial charge on any atom is -0.309 e. The van der Waals surface area contributed by atoms with Crippen LogP contribution in [0.2, 0.25) is 0 Å². The predicted molar refractivity (Wildman–Crippen MR) is 76.1 cm³/mol. The molecule has 0 radical (unpaired) electrons. The zero-order valence-electron chi connectivity index (χ0n) is 11.1. The summed E-state index contributed by atoms with van der Waals surface area (Å²) in [5.41, 5.74) is 1.15. The number of halogens is 2. The van der Waals surface area contributed by atoms with Gasteiger partial charge in [-0.05, 0) is 38.5 Å². The van der Waals surface area contributed by atoms with E-state index in [-0.39, 0.29) is 5.82 Å². The molecule has 3 atom stereocenters. The number of hydrogen-bond donors (Lipinski definition) is 1. The van der Waals surface area contributed by atoms with E-state index in [1.807, 2.05) is 6.07 Å². The summed E-state index contributed by atoms with van der Waals surface area (Å²) >= 11 is 3.46. The summed E-state index contributed by atoms with van der Waals surface area (Å²) in [5.74, 6) is -0.195. The Labute approximate surface area is 117 Å². The molecule has 0 spiro atoms. The normalized spacial score (nSPS) is 27.2. The van der Waals surface area contributed by atoms with Gasteiger partial charge < -0.3 is 5.32 Å². The number of benzene rings is 1. The molecule has 100 valence electrons. The van der Waals surface area contributed by atoms with Crippen molar-refractivity contribution < 1.29 is 4.39 Å². The zero-order valence-corrected chi connectivity index (χ0v) is 12.7. The lowest BCUT2D eigenvalue weighted by molar-refractivity contribution is 0.131. The van der Waals surface area contributed by atoms with E-state index in [9.17, 15) is 4.39 Å². The molecule has 1 aliphatic heterocycles. The molecule has 1 fully saturated rings. The van der Waals surface area contributed by atoms with Crippen molar-refractivity contribution in [2.75, 3.05) is 13.1 Å². The van der Waals surface area contributed by atoms with Crippen LogP contribution in [0.3, 0.4) is 0 Å². The van der Waals surface area contributed by atoms with Crippen molar-refractivity contribution in [3.63, 3.8) is 0 Å². The topological polar surface area (TPSA) is 15.3 Å². The molecule has 0 saturated carbocycles. The minimum absolute atomic E-state index is 0.195. The summed E-state index contributed by atoms with van der Waals surface area (Å²) in [6.07, 6.45) is 0. The van der Waals surface area contributed by atoms with Crippen molar-refractivity contribution in [3.05, 3.63) is 34.1 Å². The Hall–Kier alpha value is -0.450. The highest BCUT2D eigenvalue weighted by molar-refractivity contribution is 9.10. The average molecular weight is 315 g/mol. The smallest absolute Gasteiger partial charge is 0.124 e. The first kappa shape index (κ1) is 14.0. The first-order valence-electron chi connectivity index (χ1n) is 6.42. The Balaban J connectivity index is 2.17. The average Bonchev–Trinajstić information content (AvgIpc) is 2.26. The van der Waals surface area contributed by atoms with Crippen molar-refractivity contribution in [2.24, 2.45) is 0 Å². The summed E-state index contributed by atoms with van der Waals surface area (Å²) in [6.45, 7) is 8.64. The molecule has 1 heterocycles. The summed E-state index contributed by atoms with van der Waals surface area (Å²) in [4.78, 5) is 2.45. The lowest BCUT2D eigenvalue weighted by Gasteiger charge is -2.40. The molecule has 2 rings (SSSR count). The highest BCUT2D eigenvalue weighted by atomic mass is 79.9. The Morgan fingerprint density at radius 3 is 2.50 bits per heavy atom. The van der Waals surface area contributed by atoms with Gasteiger partial charge in [0, 0.05) is 35.7 Å². The molecule has 1 aliphatic rings. The van der Waals surface area contributed by atoms with E-state index in [1.54, 1.807) is 6.07 Å². The van der Waals surface area contributed by atoms with Crippen LogP contribution in [0.1, 0.15) is 32.4 Å². The van der Waals surface area contributed by atoms with Gasteiger partial charge in [-0.1, -0.05) is 22.0 Å². The quantitative estimate of drug-likeness (QED) is 0.900. The molecule has 3 unspecified atom stereocenters. The molecule has 1 aromatic carbocycles. The third-order valence-corrected chi connectivity index (χ3v) is 4.23. The van der Waals surface area contributed by atoms with Crippen molar-refractivity contribution in [1.29, 1.82) is 0 Å². The molecular formula is C14H20BrFN2. The standard InChI is InChI=1S/C14H20BrFN2/c1-9-7-18(8-10(2)17-9)11(3)13-5-4-12(16)6-14(13)15/h4-6,9-11,17H,7-8H2,1-3H3. The number of piperazine rings is 1. The van der Waals surface area contributed by atoms with E-state index in [2.05, 4.69) is 46.9 Å². The van der Waals surface area contributed by atoms with Gasteiger partial charge in [-0.2, -0.15) is 0 Å². The molecule has 4 heteroatoms. The molecule has 0 aromatic heterocycles. The second kappa shape index (κ2) is 5.68. The Bertz CT molecular complexity index is 414. The number of nitrogens with zero attached hydrogens (tertiary/aromatic N) is 1. The lowest BCUT2D eigenvalue weighted by Crippen LogP contribution is -2.54. The third kappa shape index (κ3) is 3.11. The van der Waals surface area contributed by atoms with Crippen molar-refractivity contribution in [1.82, 2.24) is 10.2 Å². The van der Waals surface area contributed by atoms with Gasteiger partial charge in [0.15, 0.2) is 0 Å². The largest absolute Gasteiger partial charge is 0.309 e. The molecular weight excluding hydrogens is 295 g/mol. The first-order valence-corrected chi connectivity index (χ1v) is 7.21. The van der Waals surface area contributed by atoms with Crippen LogP contribution in [0, 0.1) is 5.82 Å². The Kier molecular flexibility index (Phi) is 4.41. The predicted octanol–water partition coefficient (Wildman–Crippen LogP) is 3.33. The molecule has 18 heavy (non-hydrogen) atoms. The minimum atomic E-state index is -0.195.